The molecule has 1 saturated carbocycles. The van der Waals surface area contributed by atoms with Gasteiger partial charge in [-0.05, 0) is 31.4 Å². The number of pyridine rings is 1. The van der Waals surface area contributed by atoms with Gasteiger partial charge in [-0.1, -0.05) is 12.8 Å². The number of amides is 2. The van der Waals surface area contributed by atoms with Crippen LogP contribution >= 0.6 is 11.3 Å². The molecule has 2 amide bonds. The summed E-state index contributed by atoms with van der Waals surface area (Å²) in [4.78, 5) is 32.9. The molecular formula is C19H24N4O3S. The third kappa shape index (κ3) is 4.82. The molecule has 27 heavy (non-hydrogen) atoms. The predicted octanol–water partition coefficient (Wildman–Crippen LogP) is 2.92. The minimum absolute atomic E-state index is 0.123. The Kier molecular flexibility index (Phi) is 6.39. The van der Waals surface area contributed by atoms with E-state index in [0.717, 1.165) is 41.9 Å². The molecule has 2 aromatic heterocycles. The van der Waals surface area contributed by atoms with Gasteiger partial charge in [0, 0.05) is 36.3 Å². The average Bonchev–Trinajstić information content (AvgIpc) is 3.36. The zero-order chi connectivity index (χ0) is 19.1. The number of alkyl carbamates (subject to hydrolysis) is 1. The summed E-state index contributed by atoms with van der Waals surface area (Å²) in [6.07, 6.45) is 7.69. The van der Waals surface area contributed by atoms with Gasteiger partial charge < -0.3 is 15.4 Å². The van der Waals surface area contributed by atoms with Crippen LogP contribution < -0.4 is 10.6 Å². The molecule has 0 radical (unpaired) electrons. The van der Waals surface area contributed by atoms with Gasteiger partial charge in [0.05, 0.1) is 17.8 Å². The highest BCUT2D eigenvalue weighted by Gasteiger charge is 2.42. The van der Waals surface area contributed by atoms with Gasteiger partial charge in [-0.25, -0.2) is 9.78 Å². The van der Waals surface area contributed by atoms with E-state index < -0.39 is 11.6 Å². The Balaban J connectivity index is 1.47. The van der Waals surface area contributed by atoms with Crippen LogP contribution in [0.4, 0.5) is 4.79 Å². The smallest absolute Gasteiger partial charge is 0.407 e. The lowest BCUT2D eigenvalue weighted by atomic mass is 9.96. The van der Waals surface area contributed by atoms with Crippen molar-refractivity contribution in [3.8, 4) is 11.3 Å². The Bertz CT molecular complexity index is 772. The van der Waals surface area contributed by atoms with Gasteiger partial charge in [-0.2, -0.15) is 0 Å². The maximum absolute atomic E-state index is 12.6. The Morgan fingerprint density at radius 1 is 1.26 bits per heavy atom. The molecular weight excluding hydrogens is 364 g/mol. The van der Waals surface area contributed by atoms with Crippen LogP contribution in [0.3, 0.4) is 0 Å². The van der Waals surface area contributed by atoms with E-state index in [4.69, 9.17) is 0 Å². The highest BCUT2D eigenvalue weighted by Crippen LogP contribution is 2.30. The van der Waals surface area contributed by atoms with Crippen molar-refractivity contribution in [3.63, 3.8) is 0 Å². The highest BCUT2D eigenvalue weighted by molar-refractivity contribution is 7.09. The molecule has 0 spiro atoms. The fourth-order valence-electron chi connectivity index (χ4n) is 3.33. The third-order valence-electron chi connectivity index (χ3n) is 4.80. The second kappa shape index (κ2) is 8.94. The predicted molar refractivity (Wildman–Crippen MR) is 103 cm³/mol. The van der Waals surface area contributed by atoms with Gasteiger partial charge in [0.15, 0.2) is 0 Å². The molecule has 2 aromatic rings. The number of ether oxygens (including phenoxy) is 1. The van der Waals surface area contributed by atoms with E-state index in [1.807, 2.05) is 17.5 Å². The van der Waals surface area contributed by atoms with Crippen LogP contribution in [0.1, 0.15) is 37.1 Å². The van der Waals surface area contributed by atoms with Crippen LogP contribution in [0, 0.1) is 0 Å². The van der Waals surface area contributed by atoms with Crippen LogP contribution in [0.25, 0.3) is 11.3 Å². The van der Waals surface area contributed by atoms with Gasteiger partial charge in [0.2, 0.25) is 5.91 Å². The first-order chi connectivity index (χ1) is 13.1. The summed E-state index contributed by atoms with van der Waals surface area (Å²) in [6.45, 7) is 0.549. The van der Waals surface area contributed by atoms with Gasteiger partial charge in [0.25, 0.3) is 0 Å². The second-order valence-electron chi connectivity index (χ2n) is 6.63. The van der Waals surface area contributed by atoms with Gasteiger partial charge in [0.1, 0.15) is 5.54 Å². The molecule has 1 aliphatic carbocycles. The Hall–Kier alpha value is -2.48. The maximum atomic E-state index is 12.6. The van der Waals surface area contributed by atoms with Crippen LogP contribution in [-0.2, 0) is 16.0 Å². The topological polar surface area (TPSA) is 93.2 Å². The molecule has 0 aromatic carbocycles. The number of carbonyl (C=O) groups is 2. The first kappa shape index (κ1) is 19.3. The average molecular weight is 388 g/mol. The normalized spacial score (nSPS) is 15.3. The van der Waals surface area contributed by atoms with Gasteiger partial charge in [-0.15, -0.1) is 11.3 Å². The second-order valence-corrected chi connectivity index (χ2v) is 7.57. The fraction of sp³-hybridized carbons (Fsp3) is 0.474. The quantitative estimate of drug-likeness (QED) is 0.712. The van der Waals surface area contributed by atoms with Crippen LogP contribution in [0.5, 0.6) is 0 Å². The fourth-order valence-corrected chi connectivity index (χ4v) is 4.18. The SMILES string of the molecule is COC(=O)NC1(C(=O)NCCCc2nc(-c3ccncc3)cs2)CCCC1. The van der Waals surface area contributed by atoms with Crippen molar-refractivity contribution in [2.75, 3.05) is 13.7 Å². The molecule has 8 heteroatoms. The summed E-state index contributed by atoms with van der Waals surface area (Å²) >= 11 is 1.62. The molecule has 0 atom stereocenters. The minimum atomic E-state index is -0.831. The van der Waals surface area contributed by atoms with E-state index in [-0.39, 0.29) is 5.91 Å². The van der Waals surface area contributed by atoms with Crippen molar-refractivity contribution < 1.29 is 14.3 Å². The molecule has 0 bridgehead atoms. The summed E-state index contributed by atoms with van der Waals surface area (Å²) in [7, 11) is 1.31. The minimum Gasteiger partial charge on any atom is -0.453 e. The van der Waals surface area contributed by atoms with Crippen molar-refractivity contribution in [3.05, 3.63) is 34.9 Å². The third-order valence-corrected chi connectivity index (χ3v) is 5.71. The Labute approximate surface area is 162 Å². The van der Waals surface area contributed by atoms with Crippen LogP contribution in [-0.4, -0.2) is 41.2 Å². The molecule has 2 N–H and O–H groups in total. The van der Waals surface area contributed by atoms with Crippen molar-refractivity contribution in [1.29, 1.82) is 0 Å². The lowest BCUT2D eigenvalue weighted by Crippen LogP contribution is -2.57. The molecule has 144 valence electrons. The molecule has 3 rings (SSSR count). The number of aryl methyl sites for hydroxylation is 1. The molecule has 2 heterocycles. The first-order valence-electron chi connectivity index (χ1n) is 9.12. The zero-order valence-electron chi connectivity index (χ0n) is 15.4. The molecule has 0 saturated heterocycles. The van der Waals surface area contributed by atoms with Crippen molar-refractivity contribution in [2.24, 2.45) is 0 Å². The summed E-state index contributed by atoms with van der Waals surface area (Å²) < 4.78 is 4.67. The summed E-state index contributed by atoms with van der Waals surface area (Å²) in [5, 5.41) is 8.78. The van der Waals surface area contributed by atoms with E-state index in [1.54, 1.807) is 23.7 Å². The van der Waals surface area contributed by atoms with E-state index in [9.17, 15) is 9.59 Å². The van der Waals surface area contributed by atoms with E-state index in [1.165, 1.54) is 7.11 Å². The monoisotopic (exact) mass is 388 g/mol. The zero-order valence-corrected chi connectivity index (χ0v) is 16.2. The molecule has 0 unspecified atom stereocenters. The van der Waals surface area contributed by atoms with Crippen LogP contribution in [0.15, 0.2) is 29.9 Å². The lowest BCUT2D eigenvalue weighted by molar-refractivity contribution is -0.127. The van der Waals surface area contributed by atoms with E-state index in [2.05, 4.69) is 25.3 Å². The number of carbonyl (C=O) groups excluding carboxylic acids is 2. The number of aromatic nitrogens is 2. The number of nitrogens with zero attached hydrogens (tertiary/aromatic N) is 2. The van der Waals surface area contributed by atoms with Crippen molar-refractivity contribution >= 4 is 23.3 Å². The Morgan fingerprint density at radius 2 is 2.00 bits per heavy atom. The van der Waals surface area contributed by atoms with Gasteiger partial charge >= 0.3 is 6.09 Å². The van der Waals surface area contributed by atoms with E-state index >= 15 is 0 Å². The summed E-state index contributed by atoms with van der Waals surface area (Å²) in [5.41, 5.74) is 1.18. The molecule has 1 aliphatic rings. The number of rotatable bonds is 7. The lowest BCUT2D eigenvalue weighted by Gasteiger charge is -2.28. The number of nitrogens with one attached hydrogen (secondary N) is 2. The summed E-state index contributed by atoms with van der Waals surface area (Å²) in [5.74, 6) is -0.123. The first-order valence-corrected chi connectivity index (χ1v) is 10.0. The molecule has 1 fully saturated rings. The van der Waals surface area contributed by atoms with Gasteiger partial charge in [-0.3, -0.25) is 9.78 Å². The number of hydrogen-bond acceptors (Lipinski definition) is 6. The van der Waals surface area contributed by atoms with Crippen molar-refractivity contribution in [1.82, 2.24) is 20.6 Å². The maximum Gasteiger partial charge on any atom is 0.407 e. The van der Waals surface area contributed by atoms with E-state index in [0.29, 0.717) is 19.4 Å². The highest BCUT2D eigenvalue weighted by atomic mass is 32.1. The molecule has 7 nitrogen and oxygen atoms in total. The van der Waals surface area contributed by atoms with Crippen LogP contribution in [0.2, 0.25) is 0 Å². The number of thiazole rings is 1. The number of methoxy groups -OCH3 is 1. The molecule has 0 aliphatic heterocycles. The van der Waals surface area contributed by atoms with Crippen molar-refractivity contribution in [2.45, 2.75) is 44.1 Å². The summed E-state index contributed by atoms with van der Waals surface area (Å²) in [6, 6.07) is 3.88. The number of hydrogen-bond donors (Lipinski definition) is 2. The standard InChI is InChI=1S/C19H24N4O3S/c1-26-18(25)23-19(8-2-3-9-19)17(24)21-10-4-5-16-22-15(13-27-16)14-6-11-20-12-7-14/h6-7,11-13H,2-5,8-10H2,1H3,(H,21,24)(H,23,25). The Morgan fingerprint density at radius 3 is 2.70 bits per heavy atom. The largest absolute Gasteiger partial charge is 0.453 e.